The van der Waals surface area contributed by atoms with E-state index in [4.69, 9.17) is 0 Å². The maximum atomic E-state index is 12.9. The Morgan fingerprint density at radius 2 is 1.83 bits per heavy atom. The Kier molecular flexibility index (Phi) is 7.19. The van der Waals surface area contributed by atoms with E-state index >= 15 is 0 Å². The third-order valence-electron chi connectivity index (χ3n) is 4.39. The van der Waals surface area contributed by atoms with Crippen molar-refractivity contribution in [2.24, 2.45) is 0 Å². The van der Waals surface area contributed by atoms with Crippen LogP contribution in [0, 0.1) is 5.82 Å². The minimum absolute atomic E-state index is 0.0117. The van der Waals surface area contributed by atoms with Gasteiger partial charge in [0, 0.05) is 18.5 Å². The van der Waals surface area contributed by atoms with Crippen LogP contribution >= 0.6 is 11.8 Å². The molecule has 0 saturated heterocycles. The number of nitrogens with zero attached hydrogens (tertiary/aromatic N) is 2. The molecule has 0 saturated carbocycles. The summed E-state index contributed by atoms with van der Waals surface area (Å²) in [5, 5.41) is 4.58. The van der Waals surface area contributed by atoms with Gasteiger partial charge < -0.3 is 10.2 Å². The van der Waals surface area contributed by atoms with Gasteiger partial charge in [-0.2, -0.15) is 0 Å². The number of hydrogen-bond donors (Lipinski definition) is 1. The number of thioether (sulfide) groups is 1. The normalized spacial score (nSPS) is 10.7. The summed E-state index contributed by atoms with van der Waals surface area (Å²) in [5.41, 5.74) is 1.68. The lowest BCUT2D eigenvalue weighted by molar-refractivity contribution is -0.133. The highest BCUT2D eigenvalue weighted by Gasteiger charge is 2.16. The van der Waals surface area contributed by atoms with Crippen LogP contribution in [0.2, 0.25) is 0 Å². The zero-order valence-corrected chi connectivity index (χ0v) is 16.9. The zero-order valence-electron chi connectivity index (χ0n) is 16.1. The van der Waals surface area contributed by atoms with Gasteiger partial charge in [-0.05, 0) is 36.8 Å². The average molecular weight is 412 g/mol. The molecule has 0 fully saturated rings. The van der Waals surface area contributed by atoms with Crippen LogP contribution in [0.4, 0.5) is 4.39 Å². The van der Waals surface area contributed by atoms with E-state index < -0.39 is 0 Å². The van der Waals surface area contributed by atoms with E-state index in [1.165, 1.54) is 28.8 Å². The van der Waals surface area contributed by atoms with E-state index in [-0.39, 0.29) is 29.9 Å². The third kappa shape index (κ3) is 6.02. The van der Waals surface area contributed by atoms with E-state index in [0.29, 0.717) is 13.1 Å². The molecule has 3 rings (SSSR count). The molecule has 3 aromatic rings. The Hall–Kier alpha value is -2.93. The second-order valence-corrected chi connectivity index (χ2v) is 7.44. The smallest absolute Gasteiger partial charge is 0.239 e. The predicted molar refractivity (Wildman–Crippen MR) is 113 cm³/mol. The van der Waals surface area contributed by atoms with Crippen LogP contribution in [0.25, 0.3) is 10.9 Å². The average Bonchev–Trinajstić information content (AvgIpc) is 2.75. The van der Waals surface area contributed by atoms with Crippen LogP contribution in [-0.4, -0.2) is 40.5 Å². The maximum Gasteiger partial charge on any atom is 0.239 e. The summed E-state index contributed by atoms with van der Waals surface area (Å²) in [5.74, 6) is -0.478. The number of carbonyl (C=O) groups is 2. The standard InChI is InChI=1S/C22H22FN3O2S/c1-2-26(14-20(27)24-13-16-7-10-18(23)11-8-16)22(28)15-29-21-12-9-17-5-3-4-6-19(17)25-21/h3-12H,2,13-15H2,1H3,(H,24,27). The van der Waals surface area contributed by atoms with E-state index in [1.54, 1.807) is 12.1 Å². The van der Waals surface area contributed by atoms with Gasteiger partial charge in [-0.1, -0.05) is 48.2 Å². The number of nitrogens with one attached hydrogen (secondary N) is 1. The van der Waals surface area contributed by atoms with E-state index in [9.17, 15) is 14.0 Å². The number of aromatic nitrogens is 1. The summed E-state index contributed by atoms with van der Waals surface area (Å²) in [6, 6.07) is 17.6. The number of amides is 2. The summed E-state index contributed by atoms with van der Waals surface area (Å²) < 4.78 is 12.9. The SMILES string of the molecule is CCN(CC(=O)NCc1ccc(F)cc1)C(=O)CSc1ccc2ccccc2n1. The molecule has 0 unspecified atom stereocenters. The molecule has 150 valence electrons. The summed E-state index contributed by atoms with van der Waals surface area (Å²) in [7, 11) is 0. The number of pyridine rings is 1. The molecule has 0 aliphatic carbocycles. The first kappa shape index (κ1) is 20.8. The number of benzene rings is 2. The summed E-state index contributed by atoms with van der Waals surface area (Å²) >= 11 is 1.36. The van der Waals surface area contributed by atoms with Crippen molar-refractivity contribution < 1.29 is 14.0 Å². The lowest BCUT2D eigenvalue weighted by Gasteiger charge is -2.20. The quantitative estimate of drug-likeness (QED) is 0.575. The number of carbonyl (C=O) groups excluding carboxylic acids is 2. The fraction of sp³-hybridized carbons (Fsp3) is 0.227. The molecule has 1 heterocycles. The molecule has 5 nitrogen and oxygen atoms in total. The van der Waals surface area contributed by atoms with Gasteiger partial charge in [-0.3, -0.25) is 9.59 Å². The Morgan fingerprint density at radius 1 is 1.07 bits per heavy atom. The Morgan fingerprint density at radius 3 is 2.59 bits per heavy atom. The molecule has 1 N–H and O–H groups in total. The number of likely N-dealkylation sites (N-methyl/N-ethyl adjacent to an activating group) is 1. The van der Waals surface area contributed by atoms with Gasteiger partial charge in [-0.15, -0.1) is 0 Å². The van der Waals surface area contributed by atoms with Gasteiger partial charge in [0.15, 0.2) is 0 Å². The van der Waals surface area contributed by atoms with Gasteiger partial charge in [0.05, 0.1) is 22.8 Å². The largest absolute Gasteiger partial charge is 0.350 e. The zero-order chi connectivity index (χ0) is 20.6. The van der Waals surface area contributed by atoms with E-state index in [2.05, 4.69) is 10.3 Å². The molecule has 2 aromatic carbocycles. The minimum atomic E-state index is -0.318. The molecule has 0 atom stereocenters. The molecule has 2 amide bonds. The lowest BCUT2D eigenvalue weighted by Crippen LogP contribution is -2.41. The number of rotatable bonds is 8. The van der Waals surface area contributed by atoms with Crippen LogP contribution in [0.1, 0.15) is 12.5 Å². The fourth-order valence-electron chi connectivity index (χ4n) is 2.76. The number of halogens is 1. The van der Waals surface area contributed by atoms with Crippen molar-refractivity contribution >= 4 is 34.5 Å². The Labute approximate surface area is 173 Å². The molecule has 7 heteroatoms. The maximum absolute atomic E-state index is 12.9. The molecular weight excluding hydrogens is 389 g/mol. The Bertz CT molecular complexity index is 995. The Balaban J connectivity index is 1.49. The van der Waals surface area contributed by atoms with Crippen molar-refractivity contribution in [2.75, 3.05) is 18.8 Å². The van der Waals surface area contributed by atoms with Crippen molar-refractivity contribution in [3.8, 4) is 0 Å². The van der Waals surface area contributed by atoms with Crippen LogP contribution in [-0.2, 0) is 16.1 Å². The van der Waals surface area contributed by atoms with Crippen molar-refractivity contribution in [3.63, 3.8) is 0 Å². The number of fused-ring (bicyclic) bond motifs is 1. The monoisotopic (exact) mass is 411 g/mol. The van der Waals surface area contributed by atoms with E-state index in [1.807, 2.05) is 43.3 Å². The van der Waals surface area contributed by atoms with Crippen molar-refractivity contribution in [1.29, 1.82) is 0 Å². The molecule has 0 aliphatic rings. The summed E-state index contributed by atoms with van der Waals surface area (Å²) in [6.07, 6.45) is 0. The lowest BCUT2D eigenvalue weighted by atomic mass is 10.2. The van der Waals surface area contributed by atoms with Crippen LogP contribution < -0.4 is 5.32 Å². The molecule has 0 aliphatic heterocycles. The first-order chi connectivity index (χ1) is 14.0. The van der Waals surface area contributed by atoms with Crippen molar-refractivity contribution in [2.45, 2.75) is 18.5 Å². The van der Waals surface area contributed by atoms with Gasteiger partial charge in [-0.25, -0.2) is 9.37 Å². The fourth-order valence-corrected chi connectivity index (χ4v) is 3.54. The van der Waals surface area contributed by atoms with E-state index in [0.717, 1.165) is 21.5 Å². The topological polar surface area (TPSA) is 62.3 Å². The van der Waals surface area contributed by atoms with Crippen LogP contribution in [0.5, 0.6) is 0 Å². The highest BCUT2D eigenvalue weighted by molar-refractivity contribution is 7.99. The van der Waals surface area contributed by atoms with Crippen LogP contribution in [0.15, 0.2) is 65.7 Å². The van der Waals surface area contributed by atoms with Gasteiger partial charge in [0.1, 0.15) is 5.82 Å². The first-order valence-electron chi connectivity index (χ1n) is 9.32. The summed E-state index contributed by atoms with van der Waals surface area (Å²) in [4.78, 5) is 30.8. The summed E-state index contributed by atoms with van der Waals surface area (Å²) in [6.45, 7) is 2.56. The molecular formula is C22H22FN3O2S. The molecule has 29 heavy (non-hydrogen) atoms. The highest BCUT2D eigenvalue weighted by atomic mass is 32.2. The van der Waals surface area contributed by atoms with Crippen molar-refractivity contribution in [3.05, 3.63) is 72.0 Å². The molecule has 0 spiro atoms. The molecule has 0 bridgehead atoms. The van der Waals surface area contributed by atoms with Crippen LogP contribution in [0.3, 0.4) is 0 Å². The third-order valence-corrected chi connectivity index (χ3v) is 5.30. The highest BCUT2D eigenvalue weighted by Crippen LogP contribution is 2.20. The van der Waals surface area contributed by atoms with Gasteiger partial charge >= 0.3 is 0 Å². The number of hydrogen-bond acceptors (Lipinski definition) is 4. The number of para-hydroxylation sites is 1. The van der Waals surface area contributed by atoms with Gasteiger partial charge in [0.25, 0.3) is 0 Å². The second-order valence-electron chi connectivity index (χ2n) is 6.44. The first-order valence-corrected chi connectivity index (χ1v) is 10.3. The second kappa shape index (κ2) is 10.0. The predicted octanol–water partition coefficient (Wildman–Crippen LogP) is 3.63. The van der Waals surface area contributed by atoms with Crippen molar-refractivity contribution in [1.82, 2.24) is 15.2 Å². The minimum Gasteiger partial charge on any atom is -0.350 e. The molecule has 0 radical (unpaired) electrons. The molecule has 1 aromatic heterocycles. The van der Waals surface area contributed by atoms with Gasteiger partial charge in [0.2, 0.25) is 11.8 Å².